The number of imidazole rings is 1. The molecule has 3 nitrogen and oxygen atoms in total. The van der Waals surface area contributed by atoms with Crippen LogP contribution in [0.3, 0.4) is 0 Å². The highest BCUT2D eigenvalue weighted by Gasteiger charge is 2.09. The number of hydrogen-bond donors (Lipinski definition) is 1. The molecule has 0 amide bonds. The molecule has 1 heterocycles. The molecular formula is C14H9FN2O. The number of fused-ring (bicyclic) bond motifs is 1. The molecule has 0 fully saturated rings. The highest BCUT2D eigenvalue weighted by atomic mass is 19.1. The second-order valence-electron chi connectivity index (χ2n) is 3.95. The minimum atomic E-state index is -0.267. The van der Waals surface area contributed by atoms with E-state index in [9.17, 15) is 9.18 Å². The van der Waals surface area contributed by atoms with Crippen molar-refractivity contribution >= 4 is 17.1 Å². The van der Waals surface area contributed by atoms with Crippen LogP contribution in [-0.4, -0.2) is 16.3 Å². The van der Waals surface area contributed by atoms with Gasteiger partial charge in [-0.15, -0.1) is 0 Å². The Kier molecular flexibility index (Phi) is 2.41. The number of nitrogens with zero attached hydrogens (tertiary/aromatic N) is 1. The van der Waals surface area contributed by atoms with Crippen LogP contribution < -0.4 is 0 Å². The Morgan fingerprint density at radius 3 is 2.61 bits per heavy atom. The lowest BCUT2D eigenvalue weighted by Gasteiger charge is -2.04. The first kappa shape index (κ1) is 10.7. The third-order valence-electron chi connectivity index (χ3n) is 2.85. The minimum Gasteiger partial charge on any atom is -0.336 e. The molecule has 4 heteroatoms. The maximum absolute atomic E-state index is 13.7. The fourth-order valence-electron chi connectivity index (χ4n) is 2.00. The zero-order valence-corrected chi connectivity index (χ0v) is 9.35. The van der Waals surface area contributed by atoms with Crippen molar-refractivity contribution in [2.75, 3.05) is 0 Å². The van der Waals surface area contributed by atoms with E-state index in [0.717, 1.165) is 10.9 Å². The zero-order chi connectivity index (χ0) is 12.5. The molecule has 0 unspecified atom stereocenters. The second-order valence-corrected chi connectivity index (χ2v) is 3.95. The lowest BCUT2D eigenvalue weighted by Crippen LogP contribution is -1.87. The smallest absolute Gasteiger partial charge is 0.167 e. The van der Waals surface area contributed by atoms with E-state index in [1.165, 1.54) is 12.3 Å². The number of carbonyl (C=O) groups excluding carboxylic acids is 1. The van der Waals surface area contributed by atoms with Gasteiger partial charge in [-0.25, -0.2) is 9.37 Å². The number of carbonyl (C=O) groups is 1. The Bertz CT molecular complexity index is 733. The molecule has 0 radical (unpaired) electrons. The first-order valence-electron chi connectivity index (χ1n) is 5.47. The first-order chi connectivity index (χ1) is 8.79. The molecule has 0 aliphatic carbocycles. The normalized spacial score (nSPS) is 10.7. The van der Waals surface area contributed by atoms with Gasteiger partial charge in [0.15, 0.2) is 6.29 Å². The van der Waals surface area contributed by atoms with Gasteiger partial charge in [-0.05, 0) is 17.5 Å². The highest BCUT2D eigenvalue weighted by molar-refractivity contribution is 5.95. The van der Waals surface area contributed by atoms with Crippen molar-refractivity contribution in [3.8, 4) is 11.4 Å². The maximum atomic E-state index is 13.7. The van der Waals surface area contributed by atoms with Crippen LogP contribution in [0.5, 0.6) is 0 Å². The number of aromatic amines is 1. The third kappa shape index (κ3) is 1.59. The topological polar surface area (TPSA) is 45.8 Å². The van der Waals surface area contributed by atoms with Gasteiger partial charge in [-0.1, -0.05) is 24.3 Å². The van der Waals surface area contributed by atoms with Gasteiger partial charge in [0, 0.05) is 10.9 Å². The number of halogens is 1. The SMILES string of the molecule is O=Cc1cnc(-c2ccc(F)c3ccccc23)[nH]1. The molecule has 0 aliphatic rings. The second kappa shape index (κ2) is 4.07. The standard InChI is InChI=1S/C14H9FN2O/c15-13-6-5-12(10-3-1-2-4-11(10)13)14-16-7-9(8-18)17-14/h1-8H,(H,16,17). The van der Waals surface area contributed by atoms with Gasteiger partial charge in [-0.2, -0.15) is 0 Å². The van der Waals surface area contributed by atoms with Gasteiger partial charge >= 0.3 is 0 Å². The van der Waals surface area contributed by atoms with Gasteiger partial charge < -0.3 is 4.98 Å². The largest absolute Gasteiger partial charge is 0.336 e. The maximum Gasteiger partial charge on any atom is 0.167 e. The fourth-order valence-corrected chi connectivity index (χ4v) is 2.00. The predicted octanol–water partition coefficient (Wildman–Crippen LogP) is 3.18. The van der Waals surface area contributed by atoms with Gasteiger partial charge in [0.05, 0.1) is 11.9 Å². The summed E-state index contributed by atoms with van der Waals surface area (Å²) >= 11 is 0. The molecule has 0 saturated heterocycles. The van der Waals surface area contributed by atoms with Crippen LogP contribution >= 0.6 is 0 Å². The van der Waals surface area contributed by atoms with Crippen molar-refractivity contribution in [3.63, 3.8) is 0 Å². The molecule has 1 N–H and O–H groups in total. The van der Waals surface area contributed by atoms with Crippen LogP contribution in [0.2, 0.25) is 0 Å². The number of benzene rings is 2. The van der Waals surface area contributed by atoms with E-state index in [-0.39, 0.29) is 5.82 Å². The van der Waals surface area contributed by atoms with E-state index in [1.54, 1.807) is 18.2 Å². The molecule has 0 atom stereocenters. The van der Waals surface area contributed by atoms with Crippen LogP contribution in [0.4, 0.5) is 4.39 Å². The lowest BCUT2D eigenvalue weighted by molar-refractivity contribution is 0.111. The molecule has 1 aromatic heterocycles. The summed E-state index contributed by atoms with van der Waals surface area (Å²) in [5.74, 6) is 0.296. The summed E-state index contributed by atoms with van der Waals surface area (Å²) in [5.41, 5.74) is 1.18. The summed E-state index contributed by atoms with van der Waals surface area (Å²) in [6.07, 6.45) is 2.16. The number of aldehydes is 1. The van der Waals surface area contributed by atoms with E-state index >= 15 is 0 Å². The molecular weight excluding hydrogens is 231 g/mol. The predicted molar refractivity (Wildman–Crippen MR) is 66.9 cm³/mol. The summed E-state index contributed by atoms with van der Waals surface area (Å²) in [5, 5.41) is 1.31. The van der Waals surface area contributed by atoms with E-state index in [1.807, 2.05) is 12.1 Å². The Hall–Kier alpha value is -2.49. The Balaban J connectivity index is 2.29. The quantitative estimate of drug-likeness (QED) is 0.699. The van der Waals surface area contributed by atoms with Crippen molar-refractivity contribution in [2.24, 2.45) is 0 Å². The molecule has 88 valence electrons. The first-order valence-corrected chi connectivity index (χ1v) is 5.47. The molecule has 0 aliphatic heterocycles. The van der Waals surface area contributed by atoms with Crippen LogP contribution in [0, 0.1) is 5.82 Å². The fraction of sp³-hybridized carbons (Fsp3) is 0. The Morgan fingerprint density at radius 2 is 1.89 bits per heavy atom. The molecule has 3 aromatic rings. The van der Waals surface area contributed by atoms with E-state index in [0.29, 0.717) is 23.2 Å². The summed E-state index contributed by atoms with van der Waals surface area (Å²) < 4.78 is 13.7. The number of H-pyrrole nitrogens is 1. The van der Waals surface area contributed by atoms with Crippen LogP contribution in [-0.2, 0) is 0 Å². The summed E-state index contributed by atoms with van der Waals surface area (Å²) in [7, 11) is 0. The third-order valence-corrected chi connectivity index (χ3v) is 2.85. The molecule has 3 rings (SSSR count). The van der Waals surface area contributed by atoms with Crippen molar-refractivity contribution in [2.45, 2.75) is 0 Å². The van der Waals surface area contributed by atoms with Crippen LogP contribution in [0.25, 0.3) is 22.2 Å². The molecule has 0 saturated carbocycles. The Morgan fingerprint density at radius 1 is 1.11 bits per heavy atom. The number of hydrogen-bond acceptors (Lipinski definition) is 2. The summed E-state index contributed by atoms with van der Waals surface area (Å²) in [6.45, 7) is 0. The summed E-state index contributed by atoms with van der Waals surface area (Å²) in [4.78, 5) is 17.7. The van der Waals surface area contributed by atoms with E-state index in [2.05, 4.69) is 9.97 Å². The van der Waals surface area contributed by atoms with Crippen molar-refractivity contribution in [1.82, 2.24) is 9.97 Å². The van der Waals surface area contributed by atoms with Crippen LogP contribution in [0.1, 0.15) is 10.5 Å². The molecule has 0 bridgehead atoms. The lowest BCUT2D eigenvalue weighted by atomic mass is 10.0. The Labute approximate surface area is 102 Å². The van der Waals surface area contributed by atoms with Gasteiger partial charge in [0.25, 0.3) is 0 Å². The minimum absolute atomic E-state index is 0.267. The average molecular weight is 240 g/mol. The molecule has 2 aromatic carbocycles. The monoisotopic (exact) mass is 240 g/mol. The van der Waals surface area contributed by atoms with Gasteiger partial charge in [-0.3, -0.25) is 4.79 Å². The van der Waals surface area contributed by atoms with Crippen molar-refractivity contribution in [3.05, 3.63) is 54.1 Å². The van der Waals surface area contributed by atoms with E-state index < -0.39 is 0 Å². The highest BCUT2D eigenvalue weighted by Crippen LogP contribution is 2.28. The number of nitrogens with one attached hydrogen (secondary N) is 1. The summed E-state index contributed by atoms with van der Waals surface area (Å²) in [6, 6.07) is 10.2. The van der Waals surface area contributed by atoms with Crippen molar-refractivity contribution < 1.29 is 9.18 Å². The zero-order valence-electron chi connectivity index (χ0n) is 9.35. The van der Waals surface area contributed by atoms with Gasteiger partial charge in [0.1, 0.15) is 11.6 Å². The molecule has 0 spiro atoms. The molecule has 18 heavy (non-hydrogen) atoms. The number of rotatable bonds is 2. The van der Waals surface area contributed by atoms with E-state index in [4.69, 9.17) is 0 Å². The van der Waals surface area contributed by atoms with Gasteiger partial charge in [0.2, 0.25) is 0 Å². The number of aromatic nitrogens is 2. The van der Waals surface area contributed by atoms with Crippen LogP contribution in [0.15, 0.2) is 42.6 Å². The average Bonchev–Trinajstić information content (AvgIpc) is 2.88. The van der Waals surface area contributed by atoms with Crippen molar-refractivity contribution in [1.29, 1.82) is 0 Å².